The number of aromatic nitrogens is 1. The number of hydrogen-bond acceptors (Lipinski definition) is 4. The normalized spacial score (nSPS) is 14.8. The van der Waals surface area contributed by atoms with Crippen molar-refractivity contribution in [3.8, 4) is 0 Å². The number of rotatable bonds is 5. The first-order valence-electron chi connectivity index (χ1n) is 8.48. The van der Waals surface area contributed by atoms with Gasteiger partial charge in [0.15, 0.2) is 0 Å². The van der Waals surface area contributed by atoms with Crippen molar-refractivity contribution in [1.29, 1.82) is 0 Å². The van der Waals surface area contributed by atoms with Crippen LogP contribution in [-0.4, -0.2) is 60.5 Å². The number of halogens is 1. The minimum absolute atomic E-state index is 0.130. The summed E-state index contributed by atoms with van der Waals surface area (Å²) in [5.74, 6) is 0.849. The fourth-order valence-electron chi connectivity index (χ4n) is 3.01. The van der Waals surface area contributed by atoms with E-state index in [0.717, 1.165) is 24.5 Å². The maximum atomic E-state index is 12.9. The number of anilines is 1. The molecule has 1 aliphatic rings. The fraction of sp³-hybridized carbons (Fsp3) is 0.368. The quantitative estimate of drug-likeness (QED) is 0.833. The van der Waals surface area contributed by atoms with E-state index in [1.165, 1.54) is 12.1 Å². The van der Waals surface area contributed by atoms with Crippen LogP contribution in [0.3, 0.4) is 0 Å². The maximum absolute atomic E-state index is 12.9. The van der Waals surface area contributed by atoms with Crippen LogP contribution in [0.5, 0.6) is 0 Å². The van der Waals surface area contributed by atoms with Crippen LogP contribution in [0, 0.1) is 5.82 Å². The summed E-state index contributed by atoms with van der Waals surface area (Å²) >= 11 is 0. The summed E-state index contributed by atoms with van der Waals surface area (Å²) in [7, 11) is 1.91. The van der Waals surface area contributed by atoms with Crippen LogP contribution in [-0.2, 0) is 11.3 Å². The average molecular weight is 342 g/mol. The molecule has 0 spiro atoms. The monoisotopic (exact) mass is 342 g/mol. The van der Waals surface area contributed by atoms with Gasteiger partial charge in [-0.2, -0.15) is 0 Å². The Labute approximate surface area is 147 Å². The number of likely N-dealkylation sites (N-methyl/N-ethyl adjacent to an activating group) is 1. The molecule has 1 amide bonds. The van der Waals surface area contributed by atoms with Crippen molar-refractivity contribution in [2.45, 2.75) is 6.54 Å². The van der Waals surface area contributed by atoms with Crippen LogP contribution >= 0.6 is 0 Å². The predicted octanol–water partition coefficient (Wildman–Crippen LogP) is 2.00. The van der Waals surface area contributed by atoms with Gasteiger partial charge in [-0.1, -0.05) is 18.2 Å². The molecule has 2 aromatic rings. The summed E-state index contributed by atoms with van der Waals surface area (Å²) in [6.45, 7) is 4.00. The Hall–Kier alpha value is -2.47. The Morgan fingerprint density at radius 3 is 2.48 bits per heavy atom. The molecule has 0 N–H and O–H groups in total. The number of pyridine rings is 1. The number of nitrogens with zero attached hydrogens (tertiary/aromatic N) is 4. The van der Waals surface area contributed by atoms with Gasteiger partial charge in [-0.3, -0.25) is 9.69 Å². The molecule has 5 nitrogen and oxygen atoms in total. The molecule has 2 heterocycles. The second kappa shape index (κ2) is 8.07. The molecule has 1 saturated heterocycles. The lowest BCUT2D eigenvalue weighted by atomic mass is 10.2. The number of hydrogen-bond donors (Lipinski definition) is 0. The second-order valence-electron chi connectivity index (χ2n) is 6.35. The van der Waals surface area contributed by atoms with Crippen LogP contribution in [0.2, 0.25) is 0 Å². The molecule has 3 rings (SSSR count). The highest BCUT2D eigenvalue weighted by atomic mass is 19.1. The van der Waals surface area contributed by atoms with E-state index in [0.29, 0.717) is 26.2 Å². The number of amides is 1. The molecule has 1 aromatic heterocycles. The molecule has 6 heteroatoms. The zero-order valence-electron chi connectivity index (χ0n) is 14.4. The van der Waals surface area contributed by atoms with E-state index in [-0.39, 0.29) is 11.7 Å². The Bertz CT molecular complexity index is 684. The molecule has 0 bridgehead atoms. The number of piperazine rings is 1. The molecular weight excluding hydrogens is 319 g/mol. The summed E-state index contributed by atoms with van der Waals surface area (Å²) in [4.78, 5) is 22.9. The van der Waals surface area contributed by atoms with Gasteiger partial charge in [-0.25, -0.2) is 9.37 Å². The molecule has 0 aliphatic carbocycles. The third kappa shape index (κ3) is 4.76. The van der Waals surface area contributed by atoms with Crippen molar-refractivity contribution < 1.29 is 9.18 Å². The third-order valence-electron chi connectivity index (χ3n) is 4.38. The fourth-order valence-corrected chi connectivity index (χ4v) is 3.01. The van der Waals surface area contributed by atoms with Crippen molar-refractivity contribution in [1.82, 2.24) is 14.8 Å². The number of carbonyl (C=O) groups is 1. The van der Waals surface area contributed by atoms with Crippen LogP contribution < -0.4 is 4.90 Å². The van der Waals surface area contributed by atoms with Crippen molar-refractivity contribution in [3.63, 3.8) is 0 Å². The van der Waals surface area contributed by atoms with E-state index in [4.69, 9.17) is 0 Å². The standard InChI is InChI=1S/C19H23FN4O/c1-22(14-16-5-7-17(20)8-6-16)15-19(25)24-12-10-23(11-13-24)18-4-2-3-9-21-18/h2-9H,10-15H2,1H3. The molecule has 0 unspecified atom stereocenters. The Morgan fingerprint density at radius 2 is 1.84 bits per heavy atom. The van der Waals surface area contributed by atoms with Gasteiger partial charge >= 0.3 is 0 Å². The van der Waals surface area contributed by atoms with Crippen molar-refractivity contribution in [2.24, 2.45) is 0 Å². The molecule has 1 aliphatic heterocycles. The van der Waals surface area contributed by atoms with Gasteiger partial charge in [0.1, 0.15) is 11.6 Å². The first kappa shape index (κ1) is 17.4. The molecular formula is C19H23FN4O. The minimum Gasteiger partial charge on any atom is -0.353 e. The minimum atomic E-state index is -0.242. The van der Waals surface area contributed by atoms with Crippen LogP contribution in [0.25, 0.3) is 0 Å². The summed E-state index contributed by atoms with van der Waals surface area (Å²) < 4.78 is 12.9. The summed E-state index contributed by atoms with van der Waals surface area (Å²) in [6, 6.07) is 12.3. The largest absolute Gasteiger partial charge is 0.353 e. The van der Waals surface area contributed by atoms with Crippen LogP contribution in [0.15, 0.2) is 48.7 Å². The summed E-state index contributed by atoms with van der Waals surface area (Å²) in [5, 5.41) is 0. The molecule has 0 saturated carbocycles. The Kier molecular flexibility index (Phi) is 5.60. The summed E-state index contributed by atoms with van der Waals surface area (Å²) in [5.41, 5.74) is 0.997. The zero-order valence-corrected chi connectivity index (χ0v) is 14.4. The van der Waals surface area contributed by atoms with Gasteiger partial charge in [0.2, 0.25) is 5.91 Å². The highest BCUT2D eigenvalue weighted by molar-refractivity contribution is 5.78. The van der Waals surface area contributed by atoms with Gasteiger partial charge in [-0.05, 0) is 36.9 Å². The maximum Gasteiger partial charge on any atom is 0.236 e. The van der Waals surface area contributed by atoms with E-state index in [1.807, 2.05) is 35.0 Å². The van der Waals surface area contributed by atoms with Gasteiger partial charge in [-0.15, -0.1) is 0 Å². The molecule has 0 radical (unpaired) electrons. The van der Waals surface area contributed by atoms with Gasteiger partial charge in [0.25, 0.3) is 0 Å². The first-order chi connectivity index (χ1) is 12.1. The molecule has 1 aromatic carbocycles. The van der Waals surface area contributed by atoms with Crippen LogP contribution in [0.4, 0.5) is 10.2 Å². The van der Waals surface area contributed by atoms with E-state index < -0.39 is 0 Å². The van der Waals surface area contributed by atoms with E-state index in [1.54, 1.807) is 18.3 Å². The Balaban J connectivity index is 1.46. The van der Waals surface area contributed by atoms with Crippen molar-refractivity contribution in [2.75, 3.05) is 44.7 Å². The lowest BCUT2D eigenvalue weighted by molar-refractivity contribution is -0.132. The second-order valence-corrected chi connectivity index (χ2v) is 6.35. The molecule has 1 fully saturated rings. The van der Waals surface area contributed by atoms with Crippen LogP contribution in [0.1, 0.15) is 5.56 Å². The SMILES string of the molecule is CN(CC(=O)N1CCN(c2ccccn2)CC1)Cc1ccc(F)cc1. The average Bonchev–Trinajstić information content (AvgIpc) is 2.64. The number of benzene rings is 1. The van der Waals surface area contributed by atoms with Crippen molar-refractivity contribution >= 4 is 11.7 Å². The Morgan fingerprint density at radius 1 is 1.12 bits per heavy atom. The number of carbonyl (C=O) groups excluding carboxylic acids is 1. The van der Waals surface area contributed by atoms with E-state index in [9.17, 15) is 9.18 Å². The predicted molar refractivity (Wildman–Crippen MR) is 95.8 cm³/mol. The molecule has 25 heavy (non-hydrogen) atoms. The smallest absolute Gasteiger partial charge is 0.236 e. The highest BCUT2D eigenvalue weighted by Crippen LogP contribution is 2.13. The van der Waals surface area contributed by atoms with Gasteiger partial charge < -0.3 is 9.80 Å². The summed E-state index contributed by atoms with van der Waals surface area (Å²) in [6.07, 6.45) is 1.79. The highest BCUT2D eigenvalue weighted by Gasteiger charge is 2.22. The van der Waals surface area contributed by atoms with E-state index in [2.05, 4.69) is 9.88 Å². The van der Waals surface area contributed by atoms with Gasteiger partial charge in [0, 0.05) is 38.9 Å². The molecule has 132 valence electrons. The lowest BCUT2D eigenvalue weighted by Crippen LogP contribution is -2.51. The first-order valence-corrected chi connectivity index (χ1v) is 8.48. The van der Waals surface area contributed by atoms with Gasteiger partial charge in [0.05, 0.1) is 6.54 Å². The third-order valence-corrected chi connectivity index (χ3v) is 4.38. The van der Waals surface area contributed by atoms with E-state index >= 15 is 0 Å². The van der Waals surface area contributed by atoms with Crippen molar-refractivity contribution in [3.05, 3.63) is 60.0 Å². The zero-order chi connectivity index (χ0) is 17.6. The molecule has 0 atom stereocenters. The lowest BCUT2D eigenvalue weighted by Gasteiger charge is -2.36. The topological polar surface area (TPSA) is 39.7 Å².